The molecule has 1 amide bonds. The quantitative estimate of drug-likeness (QED) is 0.851. The van der Waals surface area contributed by atoms with Crippen molar-refractivity contribution in [2.75, 3.05) is 13.1 Å². The van der Waals surface area contributed by atoms with Gasteiger partial charge in [0.25, 0.3) is 0 Å². The summed E-state index contributed by atoms with van der Waals surface area (Å²) in [5.74, 6) is 1.31. The van der Waals surface area contributed by atoms with Gasteiger partial charge in [0.05, 0.1) is 0 Å². The summed E-state index contributed by atoms with van der Waals surface area (Å²) < 4.78 is 15.1. The zero-order valence-corrected chi connectivity index (χ0v) is 13.4. The summed E-state index contributed by atoms with van der Waals surface area (Å²) in [4.78, 5) is 18.6. The van der Waals surface area contributed by atoms with Gasteiger partial charge in [-0.15, -0.1) is 0 Å². The van der Waals surface area contributed by atoms with Gasteiger partial charge in [-0.2, -0.15) is 0 Å². The van der Waals surface area contributed by atoms with Gasteiger partial charge in [-0.25, -0.2) is 9.37 Å². The number of hydrogen-bond acceptors (Lipinski definition) is 2. The highest BCUT2D eigenvalue weighted by Crippen LogP contribution is 2.27. The van der Waals surface area contributed by atoms with Gasteiger partial charge in [0, 0.05) is 50.8 Å². The first-order valence-corrected chi connectivity index (χ1v) is 8.20. The number of halogens is 1. The second-order valence-corrected chi connectivity index (χ2v) is 6.02. The Hall–Kier alpha value is -2.17. The number of rotatable bonds is 5. The minimum atomic E-state index is -0.216. The third-order valence-electron chi connectivity index (χ3n) is 4.57. The predicted molar refractivity (Wildman–Crippen MR) is 86.6 cm³/mol. The molecule has 1 aromatic heterocycles. The van der Waals surface area contributed by atoms with Crippen LogP contribution in [-0.2, 0) is 17.8 Å². The van der Waals surface area contributed by atoms with Crippen molar-refractivity contribution in [3.63, 3.8) is 0 Å². The van der Waals surface area contributed by atoms with Crippen molar-refractivity contribution in [3.05, 3.63) is 53.9 Å². The number of imidazole rings is 1. The van der Waals surface area contributed by atoms with E-state index in [1.54, 1.807) is 6.20 Å². The van der Waals surface area contributed by atoms with E-state index in [-0.39, 0.29) is 11.7 Å². The molecule has 1 aliphatic heterocycles. The molecule has 5 heteroatoms. The lowest BCUT2D eigenvalue weighted by Gasteiger charge is -2.17. The van der Waals surface area contributed by atoms with Crippen molar-refractivity contribution in [3.8, 4) is 0 Å². The van der Waals surface area contributed by atoms with Gasteiger partial charge < -0.3 is 9.47 Å². The summed E-state index contributed by atoms with van der Waals surface area (Å²) in [5, 5.41) is 0. The molecule has 0 radical (unpaired) electrons. The van der Waals surface area contributed by atoms with Crippen LogP contribution in [0.15, 0.2) is 36.7 Å². The van der Waals surface area contributed by atoms with Crippen molar-refractivity contribution in [2.45, 2.75) is 38.6 Å². The second-order valence-electron chi connectivity index (χ2n) is 6.02. The smallest absolute Gasteiger partial charge is 0.224 e. The monoisotopic (exact) mass is 315 g/mol. The third-order valence-corrected chi connectivity index (χ3v) is 4.57. The topological polar surface area (TPSA) is 38.1 Å². The molecule has 0 N–H and O–H groups in total. The first-order valence-electron chi connectivity index (χ1n) is 8.20. The molecular weight excluding hydrogens is 293 g/mol. The van der Waals surface area contributed by atoms with Gasteiger partial charge >= 0.3 is 0 Å². The summed E-state index contributed by atoms with van der Waals surface area (Å²) in [7, 11) is 0. The first kappa shape index (κ1) is 15.7. The van der Waals surface area contributed by atoms with Gasteiger partial charge in [0.2, 0.25) is 5.91 Å². The molecule has 0 saturated carbocycles. The van der Waals surface area contributed by atoms with E-state index in [2.05, 4.69) is 11.9 Å². The van der Waals surface area contributed by atoms with Gasteiger partial charge in [0.15, 0.2) is 0 Å². The number of benzene rings is 1. The number of aryl methyl sites for hydroxylation is 2. The van der Waals surface area contributed by atoms with Gasteiger partial charge in [-0.05, 0) is 24.1 Å². The molecule has 2 heterocycles. The number of amides is 1. The van der Waals surface area contributed by atoms with Crippen LogP contribution < -0.4 is 0 Å². The maximum atomic E-state index is 13.0. The standard InChI is InChI=1S/C18H22FN3O/c1-2-17-20-9-12-21(17)11-8-18(23)22-10-7-15(13-22)14-3-5-16(19)6-4-14/h3-6,9,12,15H,2,7-8,10-11,13H2,1H3/t15-/m1/s1. The average molecular weight is 315 g/mol. The zero-order chi connectivity index (χ0) is 16.2. The molecule has 23 heavy (non-hydrogen) atoms. The van der Waals surface area contributed by atoms with E-state index in [9.17, 15) is 9.18 Å². The van der Waals surface area contributed by atoms with Crippen molar-refractivity contribution in [1.29, 1.82) is 0 Å². The molecule has 0 unspecified atom stereocenters. The summed E-state index contributed by atoms with van der Waals surface area (Å²) in [6, 6.07) is 6.64. The van der Waals surface area contributed by atoms with Crippen molar-refractivity contribution in [2.24, 2.45) is 0 Å². The molecule has 0 aliphatic carbocycles. The van der Waals surface area contributed by atoms with Gasteiger partial charge in [-0.3, -0.25) is 4.79 Å². The fraction of sp³-hybridized carbons (Fsp3) is 0.444. The Balaban J connectivity index is 1.54. The van der Waals surface area contributed by atoms with E-state index in [0.29, 0.717) is 18.9 Å². The molecule has 3 rings (SSSR count). The van der Waals surface area contributed by atoms with Crippen LogP contribution >= 0.6 is 0 Å². The molecule has 122 valence electrons. The average Bonchev–Trinajstić information content (AvgIpc) is 3.22. The zero-order valence-electron chi connectivity index (χ0n) is 13.4. The van der Waals surface area contributed by atoms with Crippen LogP contribution in [0.3, 0.4) is 0 Å². The molecule has 2 aromatic rings. The number of carbonyl (C=O) groups is 1. The SMILES string of the molecule is CCc1nccn1CCC(=O)N1CC[C@@H](c2ccc(F)cc2)C1. The maximum Gasteiger partial charge on any atom is 0.224 e. The molecule has 0 bridgehead atoms. The first-order chi connectivity index (χ1) is 11.2. The number of likely N-dealkylation sites (tertiary alicyclic amines) is 1. The van der Waals surface area contributed by atoms with Crippen molar-refractivity contribution >= 4 is 5.91 Å². The Bertz CT molecular complexity index is 665. The maximum absolute atomic E-state index is 13.0. The fourth-order valence-electron chi connectivity index (χ4n) is 3.23. The highest BCUT2D eigenvalue weighted by molar-refractivity contribution is 5.76. The second kappa shape index (κ2) is 6.94. The van der Waals surface area contributed by atoms with Crippen LogP contribution in [0, 0.1) is 5.82 Å². The number of aromatic nitrogens is 2. The minimum Gasteiger partial charge on any atom is -0.342 e. The number of nitrogens with zero attached hydrogens (tertiary/aromatic N) is 3. The van der Waals surface area contributed by atoms with E-state index in [0.717, 1.165) is 37.3 Å². The van der Waals surface area contributed by atoms with Gasteiger partial charge in [-0.1, -0.05) is 19.1 Å². The van der Waals surface area contributed by atoms with Crippen LogP contribution in [0.1, 0.15) is 37.1 Å². The van der Waals surface area contributed by atoms with Crippen LogP contribution in [0.2, 0.25) is 0 Å². The fourth-order valence-corrected chi connectivity index (χ4v) is 3.23. The predicted octanol–water partition coefficient (Wildman–Crippen LogP) is 2.99. The normalized spacial score (nSPS) is 17.7. The lowest BCUT2D eigenvalue weighted by atomic mass is 9.99. The molecular formula is C18H22FN3O. The number of carbonyl (C=O) groups excluding carboxylic acids is 1. The Morgan fingerprint density at radius 2 is 2.13 bits per heavy atom. The lowest BCUT2D eigenvalue weighted by molar-refractivity contribution is -0.130. The third kappa shape index (κ3) is 3.60. The molecule has 4 nitrogen and oxygen atoms in total. The molecule has 1 saturated heterocycles. The number of hydrogen-bond donors (Lipinski definition) is 0. The van der Waals surface area contributed by atoms with E-state index in [1.165, 1.54) is 12.1 Å². The molecule has 1 fully saturated rings. The van der Waals surface area contributed by atoms with E-state index in [1.807, 2.05) is 27.8 Å². The van der Waals surface area contributed by atoms with Crippen LogP contribution in [0.25, 0.3) is 0 Å². The minimum absolute atomic E-state index is 0.186. The van der Waals surface area contributed by atoms with Crippen LogP contribution in [0.4, 0.5) is 4.39 Å². The highest BCUT2D eigenvalue weighted by Gasteiger charge is 2.27. The Morgan fingerprint density at radius 1 is 1.35 bits per heavy atom. The largest absolute Gasteiger partial charge is 0.342 e. The van der Waals surface area contributed by atoms with E-state index < -0.39 is 0 Å². The molecule has 1 aromatic carbocycles. The van der Waals surface area contributed by atoms with Gasteiger partial charge in [0.1, 0.15) is 11.6 Å². The summed E-state index contributed by atoms with van der Waals surface area (Å²) in [6.45, 7) is 4.26. The van der Waals surface area contributed by atoms with E-state index >= 15 is 0 Å². The molecule has 0 spiro atoms. The summed E-state index contributed by atoms with van der Waals surface area (Å²) in [5.41, 5.74) is 1.12. The Morgan fingerprint density at radius 3 is 2.87 bits per heavy atom. The van der Waals surface area contributed by atoms with Crippen molar-refractivity contribution < 1.29 is 9.18 Å². The highest BCUT2D eigenvalue weighted by atomic mass is 19.1. The van der Waals surface area contributed by atoms with Crippen LogP contribution in [-0.4, -0.2) is 33.4 Å². The van der Waals surface area contributed by atoms with Crippen molar-refractivity contribution in [1.82, 2.24) is 14.5 Å². The molecule has 1 aliphatic rings. The lowest BCUT2D eigenvalue weighted by Crippen LogP contribution is -2.29. The Kier molecular flexibility index (Phi) is 4.74. The van der Waals surface area contributed by atoms with E-state index in [4.69, 9.17) is 0 Å². The summed E-state index contributed by atoms with van der Waals surface area (Å²) >= 11 is 0. The summed E-state index contributed by atoms with van der Waals surface area (Å²) in [6.07, 6.45) is 6.03. The van der Waals surface area contributed by atoms with Crippen LogP contribution in [0.5, 0.6) is 0 Å². The Labute approximate surface area is 135 Å². The molecule has 1 atom stereocenters.